The fourth-order valence-electron chi connectivity index (χ4n) is 3.78. The molecule has 3 heteroatoms. The van der Waals surface area contributed by atoms with Gasteiger partial charge in [-0.3, -0.25) is 4.79 Å². The van der Waals surface area contributed by atoms with Crippen molar-refractivity contribution in [2.45, 2.75) is 13.8 Å². The van der Waals surface area contributed by atoms with Crippen LogP contribution in [0.3, 0.4) is 0 Å². The van der Waals surface area contributed by atoms with Crippen LogP contribution in [-0.4, -0.2) is 10.9 Å². The third-order valence-corrected chi connectivity index (χ3v) is 5.02. The largest absolute Gasteiger partial charge is 0.508 e. The van der Waals surface area contributed by atoms with Gasteiger partial charge < -0.3 is 10.4 Å². The highest BCUT2D eigenvalue weighted by molar-refractivity contribution is 6.13. The molecule has 0 aromatic heterocycles. The average molecular weight is 367 g/mol. The topological polar surface area (TPSA) is 49.3 Å². The van der Waals surface area contributed by atoms with Crippen molar-refractivity contribution in [1.82, 2.24) is 0 Å². The van der Waals surface area contributed by atoms with Crippen LogP contribution in [0.15, 0.2) is 60.7 Å². The maximum absolute atomic E-state index is 12.0. The van der Waals surface area contributed by atoms with Crippen molar-refractivity contribution in [2.24, 2.45) is 0 Å². The maximum atomic E-state index is 12.0. The van der Waals surface area contributed by atoms with Crippen LogP contribution in [0.25, 0.3) is 34.2 Å². The van der Waals surface area contributed by atoms with Gasteiger partial charge in [-0.2, -0.15) is 0 Å². The number of phenols is 1. The minimum absolute atomic E-state index is 0.0135. The van der Waals surface area contributed by atoms with E-state index in [0.717, 1.165) is 48.9 Å². The molecule has 0 radical (unpaired) electrons. The molecule has 138 valence electrons. The zero-order chi connectivity index (χ0) is 19.8. The minimum atomic E-state index is 0.0135. The third kappa shape index (κ3) is 3.01. The number of aryl methyl sites for hydroxylation is 1. The average Bonchev–Trinajstić information content (AvgIpc) is 2.68. The fourth-order valence-corrected chi connectivity index (χ4v) is 3.78. The standard InChI is InChI=1S/C25H21NO2/c1-15-8-13-23(26-18-9-11-19(28)12-10-18)25-17(3)20-6-4-5-7-21(20)22(24(15)25)14-16(2)27/h4-14,26,28H,3H2,1-2H3/b22-14-. The highest BCUT2D eigenvalue weighted by atomic mass is 16.3. The molecule has 0 saturated carbocycles. The van der Waals surface area contributed by atoms with E-state index in [4.69, 9.17) is 0 Å². The first-order valence-electron chi connectivity index (χ1n) is 9.17. The van der Waals surface area contributed by atoms with Crippen LogP contribution in [0.4, 0.5) is 11.4 Å². The Labute approximate surface area is 163 Å². The summed E-state index contributed by atoms with van der Waals surface area (Å²) in [6, 6.07) is 19.1. The first-order valence-corrected chi connectivity index (χ1v) is 9.17. The van der Waals surface area contributed by atoms with Crippen LogP contribution in [0, 0.1) is 6.92 Å². The van der Waals surface area contributed by atoms with Gasteiger partial charge in [0.1, 0.15) is 5.75 Å². The van der Waals surface area contributed by atoms with Crippen molar-refractivity contribution in [1.29, 1.82) is 0 Å². The molecule has 0 heterocycles. The fraction of sp³-hybridized carbons (Fsp3) is 0.0800. The summed E-state index contributed by atoms with van der Waals surface area (Å²) in [7, 11) is 0. The van der Waals surface area contributed by atoms with Crippen molar-refractivity contribution < 1.29 is 9.90 Å². The number of nitrogens with one attached hydrogen (secondary N) is 1. The molecule has 0 fully saturated rings. The number of aromatic hydroxyl groups is 1. The molecule has 0 unspecified atom stereocenters. The summed E-state index contributed by atoms with van der Waals surface area (Å²) in [5, 5.41) is 18.9. The van der Waals surface area contributed by atoms with E-state index < -0.39 is 0 Å². The van der Waals surface area contributed by atoms with Gasteiger partial charge >= 0.3 is 0 Å². The summed E-state index contributed by atoms with van der Waals surface area (Å²) >= 11 is 0. The molecule has 0 atom stereocenters. The van der Waals surface area contributed by atoms with Crippen LogP contribution >= 0.6 is 0 Å². The number of ketones is 1. The highest BCUT2D eigenvalue weighted by Crippen LogP contribution is 2.27. The molecule has 0 amide bonds. The molecule has 0 aliphatic rings. The zero-order valence-electron chi connectivity index (χ0n) is 15.9. The van der Waals surface area contributed by atoms with Gasteiger partial charge in [0.2, 0.25) is 0 Å². The normalized spacial score (nSPS) is 11.9. The number of carbonyl (C=O) groups excluding carboxylic acids is 1. The molecule has 0 aliphatic carbocycles. The lowest BCUT2D eigenvalue weighted by Gasteiger charge is -2.15. The molecule has 0 aliphatic heterocycles. The lowest BCUT2D eigenvalue weighted by atomic mass is 9.93. The van der Waals surface area contributed by atoms with Gasteiger partial charge in [-0.1, -0.05) is 36.9 Å². The van der Waals surface area contributed by atoms with Gasteiger partial charge in [-0.25, -0.2) is 0 Å². The molecule has 0 bridgehead atoms. The summed E-state index contributed by atoms with van der Waals surface area (Å²) in [4.78, 5) is 12.0. The number of hydrogen-bond donors (Lipinski definition) is 2. The Kier molecular flexibility index (Phi) is 4.36. The second-order valence-corrected chi connectivity index (χ2v) is 7.04. The summed E-state index contributed by atoms with van der Waals surface area (Å²) in [6.45, 7) is 8.01. The maximum Gasteiger partial charge on any atom is 0.153 e. The number of hydrogen-bond acceptors (Lipinski definition) is 3. The highest BCUT2D eigenvalue weighted by Gasteiger charge is 2.11. The molecule has 4 rings (SSSR count). The van der Waals surface area contributed by atoms with Gasteiger partial charge in [0.15, 0.2) is 5.78 Å². The Balaban J connectivity index is 2.13. The Morgan fingerprint density at radius 3 is 2.32 bits per heavy atom. The van der Waals surface area contributed by atoms with Crippen LogP contribution in [0.5, 0.6) is 5.75 Å². The monoisotopic (exact) mass is 367 g/mol. The Bertz CT molecular complexity index is 1340. The number of rotatable bonds is 3. The van der Waals surface area contributed by atoms with E-state index in [1.807, 2.05) is 42.5 Å². The predicted molar refractivity (Wildman–Crippen MR) is 117 cm³/mol. The minimum Gasteiger partial charge on any atom is -0.508 e. The van der Waals surface area contributed by atoms with E-state index in [-0.39, 0.29) is 11.5 Å². The number of Topliss-reactive ketones (excluding diaryl/α,β-unsaturated/α-hetero) is 1. The number of carbonyl (C=O) groups is 1. The molecular formula is C25H21NO2. The van der Waals surface area contributed by atoms with Gasteiger partial charge in [0.25, 0.3) is 0 Å². The van der Waals surface area contributed by atoms with E-state index in [1.165, 1.54) is 0 Å². The second kappa shape index (κ2) is 6.86. The molecule has 0 saturated heterocycles. The quantitative estimate of drug-likeness (QED) is 0.413. The number of anilines is 2. The number of benzene rings is 4. The summed E-state index contributed by atoms with van der Waals surface area (Å²) < 4.78 is 0. The predicted octanol–water partition coefficient (Wildman–Crippen LogP) is 4.53. The zero-order valence-corrected chi connectivity index (χ0v) is 15.9. The van der Waals surface area contributed by atoms with E-state index in [2.05, 4.69) is 24.9 Å². The van der Waals surface area contributed by atoms with Gasteiger partial charge in [0, 0.05) is 16.8 Å². The molecule has 4 aromatic carbocycles. The van der Waals surface area contributed by atoms with Crippen LogP contribution in [0.2, 0.25) is 0 Å². The summed E-state index contributed by atoms with van der Waals surface area (Å²) in [6.07, 6.45) is 1.71. The second-order valence-electron chi connectivity index (χ2n) is 7.04. The summed E-state index contributed by atoms with van der Waals surface area (Å²) in [5.41, 5.74) is 2.88. The lowest BCUT2D eigenvalue weighted by molar-refractivity contribution is -0.111. The van der Waals surface area contributed by atoms with E-state index in [1.54, 1.807) is 25.1 Å². The summed E-state index contributed by atoms with van der Waals surface area (Å²) in [5.74, 6) is 0.237. The van der Waals surface area contributed by atoms with Gasteiger partial charge in [-0.15, -0.1) is 0 Å². The van der Waals surface area contributed by atoms with Gasteiger partial charge in [0.05, 0.1) is 0 Å². The van der Waals surface area contributed by atoms with E-state index >= 15 is 0 Å². The van der Waals surface area contributed by atoms with Crippen molar-refractivity contribution in [3.63, 3.8) is 0 Å². The number of phenolic OH excluding ortho intramolecular Hbond substituents is 1. The van der Waals surface area contributed by atoms with Crippen LogP contribution in [0.1, 0.15) is 12.5 Å². The molecule has 4 aromatic rings. The molecule has 0 spiro atoms. The Hall–Kier alpha value is -3.59. The Morgan fingerprint density at radius 2 is 1.64 bits per heavy atom. The SMILES string of the molecule is C=c1c2ccccc2/c(=C/C(C)=O)c2c(C)ccc(Nc3ccc(O)cc3)c12. The van der Waals surface area contributed by atoms with Gasteiger partial charge in [-0.05, 0) is 82.4 Å². The van der Waals surface area contributed by atoms with Crippen molar-refractivity contribution in [2.75, 3.05) is 5.32 Å². The molecule has 3 nitrogen and oxygen atoms in total. The van der Waals surface area contributed by atoms with Crippen LogP contribution in [-0.2, 0) is 4.79 Å². The van der Waals surface area contributed by atoms with Crippen molar-refractivity contribution in [3.05, 3.63) is 76.7 Å². The molecule has 28 heavy (non-hydrogen) atoms. The molecular weight excluding hydrogens is 346 g/mol. The lowest BCUT2D eigenvalue weighted by Crippen LogP contribution is -2.17. The van der Waals surface area contributed by atoms with E-state index in [9.17, 15) is 9.90 Å². The van der Waals surface area contributed by atoms with Crippen molar-refractivity contribution in [3.8, 4) is 5.75 Å². The first-order chi connectivity index (χ1) is 13.5. The van der Waals surface area contributed by atoms with Crippen molar-refractivity contribution >= 4 is 51.4 Å². The van der Waals surface area contributed by atoms with E-state index in [0.29, 0.717) is 0 Å². The van der Waals surface area contributed by atoms with Crippen LogP contribution < -0.4 is 15.8 Å². The Morgan fingerprint density at radius 1 is 0.964 bits per heavy atom. The number of fused-ring (bicyclic) bond motifs is 2. The molecule has 2 N–H and O–H groups in total. The third-order valence-electron chi connectivity index (χ3n) is 5.02. The smallest absolute Gasteiger partial charge is 0.153 e. The first kappa shape index (κ1) is 17.8.